The summed E-state index contributed by atoms with van der Waals surface area (Å²) in [4.78, 5) is 24.4. The first-order chi connectivity index (χ1) is 14.9. The molecule has 5 atom stereocenters. The summed E-state index contributed by atoms with van der Waals surface area (Å²) < 4.78 is 6.86. The highest BCUT2D eigenvalue weighted by Gasteiger charge is 2.42. The number of ketones is 1. The summed E-state index contributed by atoms with van der Waals surface area (Å²) in [7, 11) is -2.05. The average Bonchev–Trinajstić information content (AvgIpc) is 2.69. The predicted molar refractivity (Wildman–Crippen MR) is 143 cm³/mol. The van der Waals surface area contributed by atoms with E-state index in [1.165, 1.54) is 5.57 Å². The Bertz CT molecular complexity index is 739. The Labute approximate surface area is 204 Å². The highest BCUT2D eigenvalue weighted by Crippen LogP contribution is 2.40. The zero-order valence-electron chi connectivity index (χ0n) is 23.3. The van der Waals surface area contributed by atoms with Gasteiger partial charge < -0.3 is 9.53 Å². The lowest BCUT2D eigenvalue weighted by atomic mass is 9.83. The van der Waals surface area contributed by atoms with Gasteiger partial charge in [0.15, 0.2) is 8.32 Å². The first-order valence-electron chi connectivity index (χ1n) is 12.4. The van der Waals surface area contributed by atoms with Gasteiger partial charge in [0.2, 0.25) is 0 Å². The van der Waals surface area contributed by atoms with Crippen molar-refractivity contribution >= 4 is 20.1 Å². The second-order valence-electron chi connectivity index (χ2n) is 11.4. The van der Waals surface area contributed by atoms with E-state index in [0.29, 0.717) is 6.42 Å². The summed E-state index contributed by atoms with van der Waals surface area (Å²) in [6.07, 6.45) is 9.16. The number of rotatable bonds is 13. The molecule has 0 unspecified atom stereocenters. The molecule has 0 aromatic heterocycles. The number of carboxylic acids is 1. The molecule has 0 fully saturated rings. The number of hydrogen-bond acceptors (Lipinski definition) is 3. The molecule has 0 radical (unpaired) electrons. The van der Waals surface area contributed by atoms with E-state index in [2.05, 4.69) is 60.7 Å². The molecule has 0 bridgehead atoms. The highest BCUT2D eigenvalue weighted by atomic mass is 28.4. The fourth-order valence-corrected chi connectivity index (χ4v) is 5.11. The van der Waals surface area contributed by atoms with Crippen LogP contribution in [0.4, 0.5) is 0 Å². The number of carbonyl (C=O) groups is 2. The van der Waals surface area contributed by atoms with Crippen LogP contribution in [0.3, 0.4) is 0 Å². The highest BCUT2D eigenvalue weighted by molar-refractivity contribution is 6.74. The fourth-order valence-electron chi connectivity index (χ4n) is 3.64. The van der Waals surface area contributed by atoms with Crippen LogP contribution in [0.5, 0.6) is 0 Å². The van der Waals surface area contributed by atoms with Crippen molar-refractivity contribution < 1.29 is 19.1 Å². The third kappa shape index (κ3) is 10.6. The molecule has 0 rings (SSSR count). The number of Topliss-reactive ketones (excluding diaryl/α,β-unsaturated/α-hetero) is 1. The monoisotopic (exact) mass is 478 g/mol. The van der Waals surface area contributed by atoms with Crippen molar-refractivity contribution in [2.75, 3.05) is 0 Å². The molecular weight excluding hydrogens is 428 g/mol. The van der Waals surface area contributed by atoms with Crippen LogP contribution < -0.4 is 0 Å². The van der Waals surface area contributed by atoms with Crippen LogP contribution in [0, 0.1) is 23.7 Å². The first kappa shape index (κ1) is 31.5. The number of aliphatic carboxylic acids is 1. The van der Waals surface area contributed by atoms with E-state index in [0.717, 1.165) is 12.0 Å². The molecule has 0 amide bonds. The van der Waals surface area contributed by atoms with E-state index >= 15 is 0 Å². The molecule has 0 aromatic carbocycles. The Morgan fingerprint density at radius 1 is 1.06 bits per heavy atom. The molecule has 0 aliphatic rings. The van der Waals surface area contributed by atoms with Gasteiger partial charge in [0.05, 0.1) is 12.0 Å². The third-order valence-electron chi connectivity index (χ3n) is 7.13. The van der Waals surface area contributed by atoms with Crippen molar-refractivity contribution in [2.24, 2.45) is 23.7 Å². The van der Waals surface area contributed by atoms with E-state index < -0.39 is 20.2 Å². The average molecular weight is 479 g/mol. The van der Waals surface area contributed by atoms with Gasteiger partial charge in [0, 0.05) is 11.8 Å². The Hall–Kier alpha value is -1.46. The van der Waals surface area contributed by atoms with Crippen LogP contribution in [0.25, 0.3) is 0 Å². The third-order valence-corrected chi connectivity index (χ3v) is 11.6. The number of allylic oxidation sites excluding steroid dienone is 6. The Balaban J connectivity index is 5.67. The zero-order valence-corrected chi connectivity index (χ0v) is 24.3. The second kappa shape index (κ2) is 13.4. The van der Waals surface area contributed by atoms with Gasteiger partial charge in [-0.25, -0.2) is 0 Å². The molecule has 0 saturated heterocycles. The fraction of sp³-hybridized carbons (Fsp3) is 0.714. The molecule has 0 heterocycles. The summed E-state index contributed by atoms with van der Waals surface area (Å²) in [6.45, 7) is 25.2. The van der Waals surface area contributed by atoms with Crippen molar-refractivity contribution in [3.05, 3.63) is 35.5 Å². The lowest BCUT2D eigenvalue weighted by Gasteiger charge is -2.43. The van der Waals surface area contributed by atoms with Crippen molar-refractivity contribution in [2.45, 2.75) is 106 Å². The molecule has 0 aliphatic carbocycles. The van der Waals surface area contributed by atoms with Gasteiger partial charge in [0.25, 0.3) is 0 Å². The minimum Gasteiger partial charge on any atom is -0.481 e. The minimum absolute atomic E-state index is 0.0728. The largest absolute Gasteiger partial charge is 0.481 e. The van der Waals surface area contributed by atoms with Crippen molar-refractivity contribution in [3.63, 3.8) is 0 Å². The Morgan fingerprint density at radius 3 is 2.06 bits per heavy atom. The van der Waals surface area contributed by atoms with Crippen molar-refractivity contribution in [1.82, 2.24) is 0 Å². The Morgan fingerprint density at radius 2 is 1.61 bits per heavy atom. The van der Waals surface area contributed by atoms with Crippen LogP contribution in [-0.4, -0.2) is 31.3 Å². The van der Waals surface area contributed by atoms with E-state index in [1.54, 1.807) is 6.92 Å². The van der Waals surface area contributed by atoms with E-state index in [4.69, 9.17) is 9.53 Å². The van der Waals surface area contributed by atoms with E-state index in [1.807, 2.05) is 39.0 Å². The Kier molecular flexibility index (Phi) is 12.8. The molecule has 0 aliphatic heterocycles. The summed E-state index contributed by atoms with van der Waals surface area (Å²) in [6, 6.07) is 0. The second-order valence-corrected chi connectivity index (χ2v) is 16.2. The smallest absolute Gasteiger partial charge is 0.306 e. The number of hydrogen-bond donors (Lipinski definition) is 1. The maximum atomic E-state index is 13.5. The van der Waals surface area contributed by atoms with Crippen LogP contribution in [-0.2, 0) is 14.0 Å². The quantitative estimate of drug-likeness (QED) is 0.166. The van der Waals surface area contributed by atoms with Crippen LogP contribution in [0.2, 0.25) is 18.1 Å². The van der Waals surface area contributed by atoms with E-state index in [-0.39, 0.29) is 34.7 Å². The van der Waals surface area contributed by atoms with Gasteiger partial charge in [-0.2, -0.15) is 0 Å². The lowest BCUT2D eigenvalue weighted by molar-refractivity contribution is -0.141. The molecule has 0 aromatic rings. The van der Waals surface area contributed by atoms with Gasteiger partial charge >= 0.3 is 5.97 Å². The van der Waals surface area contributed by atoms with Gasteiger partial charge in [-0.15, -0.1) is 0 Å². The van der Waals surface area contributed by atoms with Crippen LogP contribution in [0.15, 0.2) is 35.5 Å². The van der Waals surface area contributed by atoms with Gasteiger partial charge in [-0.3, -0.25) is 9.59 Å². The molecular formula is C28H50O4Si. The topological polar surface area (TPSA) is 63.6 Å². The first-order valence-corrected chi connectivity index (χ1v) is 15.3. The van der Waals surface area contributed by atoms with Crippen LogP contribution >= 0.6 is 0 Å². The van der Waals surface area contributed by atoms with Crippen molar-refractivity contribution in [1.29, 1.82) is 0 Å². The summed E-state index contributed by atoms with van der Waals surface area (Å²) in [5.74, 6) is -1.23. The SMILES string of the molecule is C/C=C(\C)C[C@H](C)[C@@H](O[Si](C)(C)C(C)(C)C)[C@H](C)C(=O)[C@H](C)/C=C(C)/C=C/C[C@@H](C)C(=O)O. The standard InChI is InChI=1S/C28H50O4Si/c1-13-19(2)17-23(6)26(32-33(11,12)28(8,9)10)24(7)25(29)22(5)18-20(3)15-14-16-21(4)27(30)31/h13-15,18,21-24,26H,16-17H2,1-12H3,(H,30,31)/b15-14+,19-13+,20-18+/t21-,22-,23+,24-,26-/m1/s1. The summed E-state index contributed by atoms with van der Waals surface area (Å²) in [5, 5.41) is 9.09. The van der Waals surface area contributed by atoms with Gasteiger partial charge in [-0.1, -0.05) is 83.9 Å². The summed E-state index contributed by atoms with van der Waals surface area (Å²) >= 11 is 0. The molecule has 1 N–H and O–H groups in total. The number of carbonyl (C=O) groups excluding carboxylic acids is 1. The molecule has 5 heteroatoms. The molecule has 4 nitrogen and oxygen atoms in total. The molecule has 33 heavy (non-hydrogen) atoms. The van der Waals surface area contributed by atoms with Crippen LogP contribution in [0.1, 0.15) is 82.1 Å². The van der Waals surface area contributed by atoms with Crippen molar-refractivity contribution in [3.8, 4) is 0 Å². The minimum atomic E-state index is -2.05. The molecule has 0 saturated carbocycles. The maximum Gasteiger partial charge on any atom is 0.306 e. The maximum absolute atomic E-state index is 13.5. The van der Waals surface area contributed by atoms with Gasteiger partial charge in [0.1, 0.15) is 5.78 Å². The number of carboxylic acid groups (broad SMARTS) is 1. The predicted octanol–water partition coefficient (Wildman–Crippen LogP) is 7.82. The zero-order chi connectivity index (χ0) is 26.1. The lowest BCUT2D eigenvalue weighted by Crippen LogP contribution is -2.49. The molecule has 0 spiro atoms. The van der Waals surface area contributed by atoms with Gasteiger partial charge in [-0.05, 0) is 57.7 Å². The normalized spacial score (nSPS) is 18.7. The molecule has 190 valence electrons. The summed E-state index contributed by atoms with van der Waals surface area (Å²) in [5.41, 5.74) is 2.29. The van der Waals surface area contributed by atoms with E-state index in [9.17, 15) is 9.59 Å².